The number of benzene rings is 2. The second-order valence-electron chi connectivity index (χ2n) is 7.50. The van der Waals surface area contributed by atoms with Gasteiger partial charge in [0.1, 0.15) is 5.70 Å². The van der Waals surface area contributed by atoms with E-state index in [9.17, 15) is 9.59 Å². The van der Waals surface area contributed by atoms with E-state index in [-0.39, 0.29) is 11.8 Å². The molecule has 4 rings (SSSR count). The molecule has 0 unspecified atom stereocenters. The highest BCUT2D eigenvalue weighted by molar-refractivity contribution is 6.45. The zero-order valence-corrected chi connectivity index (χ0v) is 17.5. The van der Waals surface area contributed by atoms with Gasteiger partial charge in [0.25, 0.3) is 11.8 Å². The van der Waals surface area contributed by atoms with E-state index in [1.165, 1.54) is 4.90 Å². The fraction of sp³-hybridized carbons (Fsp3) is 0.304. The van der Waals surface area contributed by atoms with Gasteiger partial charge < -0.3 is 9.64 Å². The molecule has 29 heavy (non-hydrogen) atoms. The molecular formula is C23H23ClN2O3. The van der Waals surface area contributed by atoms with Crippen LogP contribution >= 0.6 is 11.6 Å². The predicted molar refractivity (Wildman–Crippen MR) is 114 cm³/mol. The number of halogens is 1. The lowest BCUT2D eigenvalue weighted by atomic mass is 9.99. The van der Waals surface area contributed by atoms with Crippen LogP contribution < -0.4 is 4.90 Å². The predicted octanol–water partition coefficient (Wildman–Crippen LogP) is 3.88. The largest absolute Gasteiger partial charge is 0.378 e. The number of aryl methyl sites for hydroxylation is 3. The van der Waals surface area contributed by atoms with E-state index in [0.717, 1.165) is 22.3 Å². The zero-order valence-electron chi connectivity index (χ0n) is 16.8. The normalized spacial score (nSPS) is 17.5. The van der Waals surface area contributed by atoms with Crippen LogP contribution in [0.3, 0.4) is 0 Å². The SMILES string of the molecule is Cc1ccc(C2=C(N3CCOCC3)C(=O)N(c3cc(Cl)ccc3C)C2=O)cc1C. The van der Waals surface area contributed by atoms with Crippen LogP contribution in [0.2, 0.25) is 5.02 Å². The standard InChI is InChI=1S/C23H23ClN2O3/c1-14-4-6-17(12-16(14)3)20-21(25-8-10-29-11-9-25)23(28)26(22(20)27)19-13-18(24)7-5-15(19)2/h4-7,12-13H,8-11H2,1-3H3. The van der Waals surface area contributed by atoms with Crippen molar-refractivity contribution in [3.63, 3.8) is 0 Å². The summed E-state index contributed by atoms with van der Waals surface area (Å²) in [5.74, 6) is -0.624. The van der Waals surface area contributed by atoms with Gasteiger partial charge in [-0.3, -0.25) is 9.59 Å². The highest BCUT2D eigenvalue weighted by Gasteiger charge is 2.43. The topological polar surface area (TPSA) is 49.9 Å². The minimum Gasteiger partial charge on any atom is -0.378 e. The highest BCUT2D eigenvalue weighted by Crippen LogP contribution is 2.37. The Hall–Kier alpha value is -2.63. The van der Waals surface area contributed by atoms with Gasteiger partial charge in [0.05, 0.1) is 24.5 Å². The van der Waals surface area contributed by atoms with Crippen LogP contribution in [0.15, 0.2) is 42.1 Å². The molecule has 1 fully saturated rings. The molecule has 6 heteroatoms. The number of morpholine rings is 1. The maximum atomic E-state index is 13.6. The summed E-state index contributed by atoms with van der Waals surface area (Å²) in [7, 11) is 0. The van der Waals surface area contributed by atoms with Crippen molar-refractivity contribution in [2.45, 2.75) is 20.8 Å². The first kappa shape index (κ1) is 19.7. The maximum absolute atomic E-state index is 13.6. The molecule has 0 saturated carbocycles. The van der Waals surface area contributed by atoms with Gasteiger partial charge in [-0.15, -0.1) is 0 Å². The van der Waals surface area contributed by atoms with Crippen molar-refractivity contribution < 1.29 is 14.3 Å². The number of carbonyl (C=O) groups is 2. The van der Waals surface area contributed by atoms with E-state index < -0.39 is 0 Å². The Morgan fingerprint density at radius 3 is 2.24 bits per heavy atom. The number of ether oxygens (including phenoxy) is 1. The van der Waals surface area contributed by atoms with Crippen molar-refractivity contribution in [3.8, 4) is 0 Å². The fourth-order valence-electron chi connectivity index (χ4n) is 3.80. The number of rotatable bonds is 3. The third-order valence-corrected chi connectivity index (χ3v) is 5.83. The van der Waals surface area contributed by atoms with Gasteiger partial charge in [0.15, 0.2) is 0 Å². The summed E-state index contributed by atoms with van der Waals surface area (Å²) in [5.41, 5.74) is 5.21. The van der Waals surface area contributed by atoms with Crippen LogP contribution in [0.1, 0.15) is 22.3 Å². The number of hydrogen-bond acceptors (Lipinski definition) is 4. The quantitative estimate of drug-likeness (QED) is 0.720. The molecule has 150 valence electrons. The average Bonchev–Trinajstić information content (AvgIpc) is 2.97. The summed E-state index contributed by atoms with van der Waals surface area (Å²) >= 11 is 6.18. The van der Waals surface area contributed by atoms with E-state index in [4.69, 9.17) is 16.3 Å². The molecule has 0 aliphatic carbocycles. The lowest BCUT2D eigenvalue weighted by Crippen LogP contribution is -2.40. The van der Waals surface area contributed by atoms with E-state index in [2.05, 4.69) is 0 Å². The zero-order chi connectivity index (χ0) is 20.7. The van der Waals surface area contributed by atoms with Crippen LogP contribution in [-0.4, -0.2) is 43.0 Å². The van der Waals surface area contributed by atoms with Crippen molar-refractivity contribution in [1.29, 1.82) is 0 Å². The maximum Gasteiger partial charge on any atom is 0.282 e. The first-order valence-corrected chi connectivity index (χ1v) is 10.1. The minimum absolute atomic E-state index is 0.310. The summed E-state index contributed by atoms with van der Waals surface area (Å²) in [6.45, 7) is 8.11. The molecule has 0 N–H and O–H groups in total. The van der Waals surface area contributed by atoms with Gasteiger partial charge in [-0.25, -0.2) is 4.90 Å². The number of hydrogen-bond donors (Lipinski definition) is 0. The second-order valence-corrected chi connectivity index (χ2v) is 7.94. The van der Waals surface area contributed by atoms with Crippen LogP contribution in [0.25, 0.3) is 5.57 Å². The van der Waals surface area contributed by atoms with Gasteiger partial charge in [0.2, 0.25) is 0 Å². The lowest BCUT2D eigenvalue weighted by Gasteiger charge is -2.29. The number of amides is 2. The van der Waals surface area contributed by atoms with E-state index in [1.807, 2.05) is 49.9 Å². The molecule has 2 aliphatic heterocycles. The molecule has 5 nitrogen and oxygen atoms in total. The van der Waals surface area contributed by atoms with E-state index >= 15 is 0 Å². The summed E-state index contributed by atoms with van der Waals surface area (Å²) in [5, 5.41) is 0.485. The Morgan fingerprint density at radius 2 is 1.55 bits per heavy atom. The molecule has 2 amide bonds. The summed E-state index contributed by atoms with van der Waals surface area (Å²) in [6.07, 6.45) is 0. The molecule has 2 aliphatic rings. The molecule has 1 saturated heterocycles. The summed E-state index contributed by atoms with van der Waals surface area (Å²) in [4.78, 5) is 30.3. The average molecular weight is 411 g/mol. The van der Waals surface area contributed by atoms with Crippen molar-refractivity contribution in [2.24, 2.45) is 0 Å². The van der Waals surface area contributed by atoms with Gasteiger partial charge >= 0.3 is 0 Å². The van der Waals surface area contributed by atoms with Crippen molar-refractivity contribution in [2.75, 3.05) is 31.2 Å². The Kier molecular flexibility index (Phi) is 5.19. The minimum atomic E-state index is -0.315. The summed E-state index contributed by atoms with van der Waals surface area (Å²) < 4.78 is 5.45. The van der Waals surface area contributed by atoms with Crippen molar-refractivity contribution in [1.82, 2.24) is 4.90 Å². The van der Waals surface area contributed by atoms with Crippen LogP contribution in [0, 0.1) is 20.8 Å². The third-order valence-electron chi connectivity index (χ3n) is 5.59. The highest BCUT2D eigenvalue weighted by atomic mass is 35.5. The molecule has 2 heterocycles. The molecule has 0 atom stereocenters. The molecule has 0 radical (unpaired) electrons. The Bertz CT molecular complexity index is 1040. The second kappa shape index (κ2) is 7.65. The van der Waals surface area contributed by atoms with E-state index in [1.54, 1.807) is 12.1 Å². The smallest absolute Gasteiger partial charge is 0.282 e. The molecule has 0 spiro atoms. The van der Waals surface area contributed by atoms with Gasteiger partial charge in [-0.1, -0.05) is 35.9 Å². The Balaban J connectivity index is 1.87. The van der Waals surface area contributed by atoms with Crippen LogP contribution in [0.4, 0.5) is 5.69 Å². The molecule has 2 aromatic carbocycles. The molecule has 0 aromatic heterocycles. The third kappa shape index (κ3) is 3.45. The molecule has 0 bridgehead atoms. The molecular weight excluding hydrogens is 388 g/mol. The van der Waals surface area contributed by atoms with Crippen LogP contribution in [0.5, 0.6) is 0 Å². The Labute approximate surface area is 175 Å². The fourth-order valence-corrected chi connectivity index (χ4v) is 3.96. The first-order valence-electron chi connectivity index (χ1n) is 9.68. The summed E-state index contributed by atoms with van der Waals surface area (Å²) in [6, 6.07) is 11.1. The number of nitrogens with zero attached hydrogens (tertiary/aromatic N) is 2. The van der Waals surface area contributed by atoms with Crippen molar-refractivity contribution in [3.05, 3.63) is 69.4 Å². The lowest BCUT2D eigenvalue weighted by molar-refractivity contribution is -0.121. The monoisotopic (exact) mass is 410 g/mol. The van der Waals surface area contributed by atoms with Gasteiger partial charge in [-0.05, 0) is 55.2 Å². The first-order chi connectivity index (χ1) is 13.9. The number of carbonyl (C=O) groups excluding carboxylic acids is 2. The Morgan fingerprint density at radius 1 is 0.862 bits per heavy atom. The number of anilines is 1. The van der Waals surface area contributed by atoms with Crippen molar-refractivity contribution >= 4 is 34.7 Å². The van der Waals surface area contributed by atoms with E-state index in [0.29, 0.717) is 48.3 Å². The van der Waals surface area contributed by atoms with Gasteiger partial charge in [-0.2, -0.15) is 0 Å². The van der Waals surface area contributed by atoms with Crippen LogP contribution in [-0.2, 0) is 14.3 Å². The van der Waals surface area contributed by atoms with Gasteiger partial charge in [0, 0.05) is 18.1 Å². The molecule has 2 aromatic rings. The number of imide groups is 1.